The lowest BCUT2D eigenvalue weighted by Crippen LogP contribution is -2.41. The van der Waals surface area contributed by atoms with E-state index in [1.807, 2.05) is 13.0 Å². The number of allylic oxidation sites excluding steroid dienone is 1. The van der Waals surface area contributed by atoms with Crippen molar-refractivity contribution in [2.24, 2.45) is 17.4 Å². The first-order valence-corrected chi connectivity index (χ1v) is 10.2. The van der Waals surface area contributed by atoms with Gasteiger partial charge >= 0.3 is 0 Å². The van der Waals surface area contributed by atoms with E-state index in [1.165, 1.54) is 10.4 Å². The van der Waals surface area contributed by atoms with Crippen LogP contribution in [0.15, 0.2) is 42.4 Å². The first kappa shape index (κ1) is 20.1. The van der Waals surface area contributed by atoms with Crippen LogP contribution in [0.4, 0.5) is 21.7 Å². The number of rotatable bonds is 6. The third-order valence-electron chi connectivity index (χ3n) is 5.76. The maximum absolute atomic E-state index is 14.8. The van der Waals surface area contributed by atoms with Gasteiger partial charge in [0.1, 0.15) is 11.5 Å². The summed E-state index contributed by atoms with van der Waals surface area (Å²) in [6.07, 6.45) is 8.62. The lowest BCUT2D eigenvalue weighted by Gasteiger charge is -2.26. The Hall–Kier alpha value is -3.86. The van der Waals surface area contributed by atoms with Crippen LogP contribution < -0.4 is 22.1 Å². The fourth-order valence-corrected chi connectivity index (χ4v) is 3.94. The number of carbonyl (C=O) groups is 1. The number of nitrogens with zero attached hydrogens (tertiary/aromatic N) is 5. The number of hydrogen-bond donors (Lipinski definition) is 4. The van der Waals surface area contributed by atoms with Gasteiger partial charge in [-0.3, -0.25) is 9.78 Å². The maximum Gasteiger partial charge on any atom is 0.252 e. The molecular weight excluding hydrogens is 413 g/mol. The van der Waals surface area contributed by atoms with Crippen LogP contribution >= 0.6 is 0 Å². The lowest BCUT2D eigenvalue weighted by molar-refractivity contribution is 0.100. The largest absolute Gasteiger partial charge is 0.365 e. The van der Waals surface area contributed by atoms with E-state index in [1.54, 1.807) is 24.7 Å². The number of aryl methyl sites for hydroxylation is 1. The van der Waals surface area contributed by atoms with E-state index in [-0.39, 0.29) is 29.3 Å². The van der Waals surface area contributed by atoms with Gasteiger partial charge in [0.25, 0.3) is 5.91 Å². The number of halogens is 1. The van der Waals surface area contributed by atoms with Gasteiger partial charge in [-0.15, -0.1) is 4.80 Å². The van der Waals surface area contributed by atoms with Crippen LogP contribution in [-0.2, 0) is 0 Å². The standard InChI is InChI=1S/C21H22FN9O/c1-10-18(31-26-2-3-27-31)7-13(9-25-10)28-20-14(19(24)32)8-15(22)21(30-20)29-17-6-12-4-11(12)5-16(17)23/h2-3,6-9,11,16-17H,4-5,23H2,1H3,(H2,24,32)(H2,28,29,30)/t11?,16-,17+/m0/s1. The van der Waals surface area contributed by atoms with Crippen LogP contribution in [0.2, 0.25) is 0 Å². The minimum absolute atomic E-state index is 0.0112. The molecule has 2 aliphatic rings. The first-order chi connectivity index (χ1) is 15.4. The summed E-state index contributed by atoms with van der Waals surface area (Å²) < 4.78 is 14.8. The van der Waals surface area contributed by atoms with Gasteiger partial charge in [0.15, 0.2) is 11.6 Å². The molecule has 3 atom stereocenters. The molecule has 0 aromatic carbocycles. The van der Waals surface area contributed by atoms with Gasteiger partial charge < -0.3 is 22.1 Å². The fraction of sp³-hybridized carbons (Fsp3) is 0.286. The lowest BCUT2D eigenvalue weighted by atomic mass is 9.97. The number of fused-ring (bicyclic) bond motifs is 1. The number of carbonyl (C=O) groups excluding carboxylic acids is 1. The fourth-order valence-electron chi connectivity index (χ4n) is 3.94. The van der Waals surface area contributed by atoms with E-state index < -0.39 is 11.7 Å². The maximum atomic E-state index is 14.8. The highest BCUT2D eigenvalue weighted by atomic mass is 19.1. The second-order valence-corrected chi connectivity index (χ2v) is 8.06. The van der Waals surface area contributed by atoms with Crippen LogP contribution in [0.25, 0.3) is 5.69 Å². The molecule has 3 aromatic heterocycles. The zero-order valence-electron chi connectivity index (χ0n) is 17.3. The van der Waals surface area contributed by atoms with Crippen LogP contribution in [0, 0.1) is 18.7 Å². The Bertz CT molecular complexity index is 1220. The Morgan fingerprint density at radius 3 is 2.78 bits per heavy atom. The molecule has 0 saturated heterocycles. The highest BCUT2D eigenvalue weighted by Crippen LogP contribution is 2.45. The Labute approximate surface area is 182 Å². The van der Waals surface area contributed by atoms with Gasteiger partial charge in [0.05, 0.1) is 41.6 Å². The summed E-state index contributed by atoms with van der Waals surface area (Å²) in [6.45, 7) is 1.82. The van der Waals surface area contributed by atoms with Gasteiger partial charge in [-0.2, -0.15) is 10.2 Å². The van der Waals surface area contributed by atoms with E-state index in [0.29, 0.717) is 23.0 Å². The molecule has 3 heterocycles. The number of nitrogens with one attached hydrogen (secondary N) is 2. The number of amides is 1. The van der Waals surface area contributed by atoms with E-state index in [9.17, 15) is 9.18 Å². The summed E-state index contributed by atoms with van der Waals surface area (Å²) >= 11 is 0. The molecule has 0 aliphatic heterocycles. The zero-order chi connectivity index (χ0) is 22.4. The molecule has 1 saturated carbocycles. The highest BCUT2D eigenvalue weighted by Gasteiger charge is 2.38. The van der Waals surface area contributed by atoms with E-state index in [2.05, 4.69) is 30.8 Å². The Morgan fingerprint density at radius 1 is 1.25 bits per heavy atom. The monoisotopic (exact) mass is 435 g/mol. The van der Waals surface area contributed by atoms with Crippen LogP contribution in [0.3, 0.4) is 0 Å². The minimum Gasteiger partial charge on any atom is -0.365 e. The predicted octanol–water partition coefficient (Wildman–Crippen LogP) is 1.81. The number of primary amides is 1. The molecule has 6 N–H and O–H groups in total. The molecule has 0 spiro atoms. The molecule has 164 valence electrons. The SMILES string of the molecule is Cc1ncc(Nc2nc(N[C@@H]3C=C4CC4C[C@@H]3N)c(F)cc2C(N)=O)cc1-n1nccn1. The van der Waals surface area contributed by atoms with Crippen molar-refractivity contribution in [2.45, 2.75) is 31.8 Å². The smallest absolute Gasteiger partial charge is 0.252 e. The topological polar surface area (TPSA) is 150 Å². The van der Waals surface area contributed by atoms with Gasteiger partial charge in [-0.25, -0.2) is 9.37 Å². The number of anilines is 3. The third kappa shape index (κ3) is 3.78. The van der Waals surface area contributed by atoms with Crippen molar-refractivity contribution < 1.29 is 9.18 Å². The van der Waals surface area contributed by atoms with Gasteiger partial charge in [-0.05, 0) is 37.8 Å². The second kappa shape index (κ2) is 7.68. The van der Waals surface area contributed by atoms with Crippen molar-refractivity contribution in [3.05, 3.63) is 59.4 Å². The van der Waals surface area contributed by atoms with Crippen molar-refractivity contribution in [2.75, 3.05) is 10.6 Å². The minimum atomic E-state index is -0.809. The molecule has 10 nitrogen and oxygen atoms in total. The molecule has 0 bridgehead atoms. The van der Waals surface area contributed by atoms with Crippen LogP contribution in [-0.4, -0.2) is 43.0 Å². The molecule has 3 aromatic rings. The summed E-state index contributed by atoms with van der Waals surface area (Å²) in [5.74, 6) is -0.841. The second-order valence-electron chi connectivity index (χ2n) is 8.06. The van der Waals surface area contributed by atoms with Crippen molar-refractivity contribution in [1.82, 2.24) is 25.0 Å². The number of nitrogens with two attached hydrogens (primary N) is 2. The summed E-state index contributed by atoms with van der Waals surface area (Å²) in [5.41, 5.74) is 14.8. The predicted molar refractivity (Wildman–Crippen MR) is 116 cm³/mol. The average Bonchev–Trinajstić information content (AvgIpc) is 3.28. The van der Waals surface area contributed by atoms with Crippen molar-refractivity contribution in [3.8, 4) is 5.69 Å². The van der Waals surface area contributed by atoms with Crippen LogP contribution in [0.5, 0.6) is 0 Å². The Kier molecular flexibility index (Phi) is 4.82. The van der Waals surface area contributed by atoms with E-state index >= 15 is 0 Å². The molecule has 1 amide bonds. The molecule has 11 heteroatoms. The highest BCUT2D eigenvalue weighted by molar-refractivity contribution is 5.98. The molecule has 32 heavy (non-hydrogen) atoms. The van der Waals surface area contributed by atoms with Gasteiger partial charge in [0.2, 0.25) is 0 Å². The summed E-state index contributed by atoms with van der Waals surface area (Å²) in [5, 5.41) is 14.3. The zero-order valence-corrected chi connectivity index (χ0v) is 17.3. The van der Waals surface area contributed by atoms with Gasteiger partial charge in [0, 0.05) is 6.04 Å². The van der Waals surface area contributed by atoms with Gasteiger partial charge in [-0.1, -0.05) is 11.6 Å². The van der Waals surface area contributed by atoms with Crippen molar-refractivity contribution in [1.29, 1.82) is 0 Å². The molecule has 5 rings (SSSR count). The van der Waals surface area contributed by atoms with E-state index in [0.717, 1.165) is 18.9 Å². The number of hydrogen-bond acceptors (Lipinski definition) is 8. The van der Waals surface area contributed by atoms with Crippen molar-refractivity contribution >= 4 is 23.2 Å². The third-order valence-corrected chi connectivity index (χ3v) is 5.76. The average molecular weight is 435 g/mol. The Morgan fingerprint density at radius 2 is 2.03 bits per heavy atom. The molecule has 0 radical (unpaired) electrons. The Balaban J connectivity index is 1.48. The molecule has 1 unspecified atom stereocenters. The van der Waals surface area contributed by atoms with Crippen molar-refractivity contribution in [3.63, 3.8) is 0 Å². The molecule has 1 fully saturated rings. The normalized spacial score (nSPS) is 21.5. The summed E-state index contributed by atoms with van der Waals surface area (Å²) in [7, 11) is 0. The first-order valence-electron chi connectivity index (χ1n) is 10.2. The summed E-state index contributed by atoms with van der Waals surface area (Å²) in [6, 6.07) is 2.43. The molecular formula is C21H22FN9O. The summed E-state index contributed by atoms with van der Waals surface area (Å²) in [4.78, 5) is 22.1. The number of pyridine rings is 2. The number of aromatic nitrogens is 5. The quantitative estimate of drug-likeness (QED) is 0.428. The van der Waals surface area contributed by atoms with E-state index in [4.69, 9.17) is 11.5 Å². The molecule has 2 aliphatic carbocycles. The van der Waals surface area contributed by atoms with Crippen LogP contribution in [0.1, 0.15) is 28.9 Å².